The molecular formula is C11H12BrF2NO2. The van der Waals surface area contributed by atoms with Crippen LogP contribution in [0.4, 0.5) is 8.78 Å². The van der Waals surface area contributed by atoms with Gasteiger partial charge in [-0.05, 0) is 34.5 Å². The molecule has 1 unspecified atom stereocenters. The Kier molecular flexibility index (Phi) is 5.02. The number of nitrogens with one attached hydrogen (secondary N) is 1. The monoisotopic (exact) mass is 307 g/mol. The zero-order valence-corrected chi connectivity index (χ0v) is 10.7. The minimum absolute atomic E-state index is 0.00389. The minimum Gasteiger partial charge on any atom is -0.394 e. The lowest BCUT2D eigenvalue weighted by Crippen LogP contribution is -2.37. The second kappa shape index (κ2) is 6.07. The number of aliphatic hydroxyl groups excluding tert-OH is 1. The molecule has 3 nitrogen and oxygen atoms in total. The molecule has 0 saturated heterocycles. The fourth-order valence-corrected chi connectivity index (χ4v) is 1.73. The van der Waals surface area contributed by atoms with E-state index in [1.54, 1.807) is 6.92 Å². The zero-order chi connectivity index (χ0) is 13.0. The highest BCUT2D eigenvalue weighted by Crippen LogP contribution is 2.20. The van der Waals surface area contributed by atoms with Crippen LogP contribution in [0.5, 0.6) is 0 Å². The van der Waals surface area contributed by atoms with Gasteiger partial charge in [0.25, 0.3) is 5.91 Å². The number of hydrogen-bond donors (Lipinski definition) is 2. The third-order valence-electron chi connectivity index (χ3n) is 2.30. The van der Waals surface area contributed by atoms with Crippen LogP contribution in [0, 0.1) is 11.6 Å². The summed E-state index contributed by atoms with van der Waals surface area (Å²) in [5, 5.41) is 11.4. The summed E-state index contributed by atoms with van der Waals surface area (Å²) in [5.74, 6) is -2.67. The van der Waals surface area contributed by atoms with Crippen molar-refractivity contribution >= 4 is 21.8 Å². The number of halogens is 3. The standard InChI is InChI=1S/C11H12BrF2NO2/c1-2-6(5-16)15-11(17)7-3-9(13)10(14)4-8(7)12/h3-4,6,16H,2,5H2,1H3,(H,15,17). The van der Waals surface area contributed by atoms with Gasteiger partial charge in [0.2, 0.25) is 0 Å². The minimum atomic E-state index is -1.09. The summed E-state index contributed by atoms with van der Waals surface area (Å²) < 4.78 is 26.0. The topological polar surface area (TPSA) is 49.3 Å². The molecule has 1 atom stereocenters. The van der Waals surface area contributed by atoms with E-state index < -0.39 is 23.6 Å². The molecule has 0 aliphatic carbocycles. The molecule has 1 aromatic carbocycles. The van der Waals surface area contributed by atoms with Crippen molar-refractivity contribution in [2.45, 2.75) is 19.4 Å². The number of aliphatic hydroxyl groups is 1. The Bertz CT molecular complexity index is 422. The molecule has 0 fully saturated rings. The van der Waals surface area contributed by atoms with Crippen LogP contribution in [0.2, 0.25) is 0 Å². The molecule has 0 spiro atoms. The van der Waals surface area contributed by atoms with Crippen molar-refractivity contribution in [1.82, 2.24) is 5.32 Å². The Morgan fingerprint density at radius 2 is 2.06 bits per heavy atom. The van der Waals surface area contributed by atoms with Crippen LogP contribution in [-0.2, 0) is 0 Å². The molecule has 6 heteroatoms. The van der Waals surface area contributed by atoms with Gasteiger partial charge in [-0.15, -0.1) is 0 Å². The largest absolute Gasteiger partial charge is 0.394 e. The molecule has 2 N–H and O–H groups in total. The molecule has 94 valence electrons. The van der Waals surface area contributed by atoms with Gasteiger partial charge in [0, 0.05) is 4.47 Å². The Balaban J connectivity index is 2.93. The van der Waals surface area contributed by atoms with Crippen LogP contribution in [0.25, 0.3) is 0 Å². The quantitative estimate of drug-likeness (QED) is 0.838. The van der Waals surface area contributed by atoms with Gasteiger partial charge in [-0.1, -0.05) is 6.92 Å². The highest BCUT2D eigenvalue weighted by molar-refractivity contribution is 9.10. The Morgan fingerprint density at radius 3 is 2.59 bits per heavy atom. The maximum atomic E-state index is 13.0. The first-order chi connectivity index (χ1) is 7.99. The van der Waals surface area contributed by atoms with Crippen LogP contribution in [-0.4, -0.2) is 23.7 Å². The van der Waals surface area contributed by atoms with Crippen LogP contribution in [0.1, 0.15) is 23.7 Å². The van der Waals surface area contributed by atoms with Crippen LogP contribution in [0.15, 0.2) is 16.6 Å². The first-order valence-electron chi connectivity index (χ1n) is 5.05. The Hall–Kier alpha value is -1.01. The smallest absolute Gasteiger partial charge is 0.252 e. The number of hydrogen-bond acceptors (Lipinski definition) is 2. The van der Waals surface area contributed by atoms with Gasteiger partial charge in [-0.3, -0.25) is 4.79 Å². The molecule has 1 aromatic rings. The lowest BCUT2D eigenvalue weighted by Gasteiger charge is -2.14. The van der Waals surface area contributed by atoms with E-state index in [1.807, 2.05) is 0 Å². The second-order valence-corrected chi connectivity index (χ2v) is 4.36. The van der Waals surface area contributed by atoms with E-state index >= 15 is 0 Å². The van der Waals surface area contributed by atoms with Crippen molar-refractivity contribution in [2.24, 2.45) is 0 Å². The zero-order valence-electron chi connectivity index (χ0n) is 9.14. The van der Waals surface area contributed by atoms with E-state index in [-0.39, 0.29) is 16.6 Å². The van der Waals surface area contributed by atoms with Crippen molar-refractivity contribution in [3.05, 3.63) is 33.8 Å². The van der Waals surface area contributed by atoms with E-state index in [0.717, 1.165) is 12.1 Å². The van der Waals surface area contributed by atoms with Crippen LogP contribution < -0.4 is 5.32 Å². The molecule has 0 aromatic heterocycles. The van der Waals surface area contributed by atoms with Crippen molar-refractivity contribution in [3.8, 4) is 0 Å². The summed E-state index contributed by atoms with van der Waals surface area (Å²) in [6.07, 6.45) is 0.545. The average molecular weight is 308 g/mol. The molecule has 17 heavy (non-hydrogen) atoms. The summed E-state index contributed by atoms with van der Waals surface area (Å²) >= 11 is 2.99. The van der Waals surface area contributed by atoms with Crippen molar-refractivity contribution in [3.63, 3.8) is 0 Å². The maximum Gasteiger partial charge on any atom is 0.252 e. The summed E-state index contributed by atoms with van der Waals surface area (Å²) in [7, 11) is 0. The third-order valence-corrected chi connectivity index (χ3v) is 2.96. The summed E-state index contributed by atoms with van der Waals surface area (Å²) in [6.45, 7) is 1.59. The molecule has 0 radical (unpaired) electrons. The number of benzene rings is 1. The molecule has 0 heterocycles. The van der Waals surface area contributed by atoms with E-state index in [2.05, 4.69) is 21.2 Å². The van der Waals surface area contributed by atoms with Crippen molar-refractivity contribution in [1.29, 1.82) is 0 Å². The molecule has 0 aliphatic rings. The summed E-state index contributed by atoms with van der Waals surface area (Å²) in [6, 6.07) is 1.31. The van der Waals surface area contributed by atoms with Gasteiger partial charge in [0.1, 0.15) is 0 Å². The van der Waals surface area contributed by atoms with Crippen molar-refractivity contribution < 1.29 is 18.7 Å². The Morgan fingerprint density at radius 1 is 1.47 bits per heavy atom. The summed E-state index contributed by atoms with van der Waals surface area (Å²) in [5.41, 5.74) is -0.00389. The number of carbonyl (C=O) groups is 1. The fourth-order valence-electron chi connectivity index (χ4n) is 1.24. The summed E-state index contributed by atoms with van der Waals surface area (Å²) in [4.78, 5) is 11.7. The predicted octanol–water partition coefficient (Wildman–Crippen LogP) is 2.23. The second-order valence-electron chi connectivity index (χ2n) is 3.51. The van der Waals surface area contributed by atoms with E-state index in [0.29, 0.717) is 6.42 Å². The van der Waals surface area contributed by atoms with Crippen molar-refractivity contribution in [2.75, 3.05) is 6.61 Å². The molecule has 0 bridgehead atoms. The van der Waals surface area contributed by atoms with E-state index in [9.17, 15) is 13.6 Å². The number of carbonyl (C=O) groups excluding carboxylic acids is 1. The van der Waals surface area contributed by atoms with Crippen LogP contribution in [0.3, 0.4) is 0 Å². The number of rotatable bonds is 4. The lowest BCUT2D eigenvalue weighted by atomic mass is 10.1. The van der Waals surface area contributed by atoms with Crippen LogP contribution >= 0.6 is 15.9 Å². The first kappa shape index (κ1) is 14.1. The lowest BCUT2D eigenvalue weighted by molar-refractivity contribution is 0.0913. The third kappa shape index (κ3) is 3.47. The maximum absolute atomic E-state index is 13.0. The highest BCUT2D eigenvalue weighted by atomic mass is 79.9. The van der Waals surface area contributed by atoms with Gasteiger partial charge in [-0.25, -0.2) is 8.78 Å². The highest BCUT2D eigenvalue weighted by Gasteiger charge is 2.16. The molecule has 1 rings (SSSR count). The molecule has 0 saturated carbocycles. The predicted molar refractivity (Wildman–Crippen MR) is 62.7 cm³/mol. The van der Waals surface area contributed by atoms with Gasteiger partial charge >= 0.3 is 0 Å². The molecule has 1 amide bonds. The van der Waals surface area contributed by atoms with Gasteiger partial charge in [0.05, 0.1) is 18.2 Å². The average Bonchev–Trinajstić information content (AvgIpc) is 2.30. The Labute approximate surface area is 106 Å². The van der Waals surface area contributed by atoms with E-state index in [4.69, 9.17) is 5.11 Å². The van der Waals surface area contributed by atoms with Gasteiger partial charge in [-0.2, -0.15) is 0 Å². The normalized spacial score (nSPS) is 12.3. The number of amides is 1. The van der Waals surface area contributed by atoms with Gasteiger partial charge < -0.3 is 10.4 Å². The van der Waals surface area contributed by atoms with Gasteiger partial charge in [0.15, 0.2) is 11.6 Å². The van der Waals surface area contributed by atoms with E-state index in [1.165, 1.54) is 0 Å². The first-order valence-corrected chi connectivity index (χ1v) is 5.85. The molecular weight excluding hydrogens is 296 g/mol. The SMILES string of the molecule is CCC(CO)NC(=O)c1cc(F)c(F)cc1Br. The fraction of sp³-hybridized carbons (Fsp3) is 0.364. The molecule has 0 aliphatic heterocycles.